The predicted molar refractivity (Wildman–Crippen MR) is 86.6 cm³/mol. The Morgan fingerprint density at radius 2 is 2.00 bits per heavy atom. The van der Waals surface area contributed by atoms with E-state index in [1.54, 1.807) is 0 Å². The van der Waals surface area contributed by atoms with E-state index in [1.807, 2.05) is 0 Å². The van der Waals surface area contributed by atoms with Crippen LogP contribution in [-0.2, 0) is 9.53 Å². The fourth-order valence-electron chi connectivity index (χ4n) is 3.98. The molecule has 2 aliphatic rings. The molecule has 0 spiro atoms. The van der Waals surface area contributed by atoms with Crippen LogP contribution in [0.15, 0.2) is 24.3 Å². The van der Waals surface area contributed by atoms with E-state index in [9.17, 15) is 4.79 Å². The van der Waals surface area contributed by atoms with Gasteiger partial charge in [0, 0.05) is 21.6 Å². The molecular weight excluding hydrogens is 365 g/mol. The van der Waals surface area contributed by atoms with Gasteiger partial charge in [0.1, 0.15) is 0 Å². The quantitative estimate of drug-likeness (QED) is 0.579. The second kappa shape index (κ2) is 5.64. The van der Waals surface area contributed by atoms with E-state index in [0.717, 1.165) is 12.8 Å². The second-order valence-corrected chi connectivity index (χ2v) is 7.15. The number of halogens is 1. The number of hydrogen-bond donors (Lipinski definition) is 0. The third kappa shape index (κ3) is 2.37. The molecule has 2 heterocycles. The summed E-state index contributed by atoms with van der Waals surface area (Å²) in [7, 11) is 3.66. The number of esters is 1. The summed E-state index contributed by atoms with van der Waals surface area (Å²) in [4.78, 5) is 14.7. The van der Waals surface area contributed by atoms with Crippen molar-refractivity contribution in [1.29, 1.82) is 0 Å². The van der Waals surface area contributed by atoms with Crippen LogP contribution in [0.3, 0.4) is 0 Å². The number of rotatable bonds is 2. The summed E-state index contributed by atoms with van der Waals surface area (Å²) in [5.74, 6) is 0.225. The van der Waals surface area contributed by atoms with Gasteiger partial charge in [-0.05, 0) is 66.6 Å². The van der Waals surface area contributed by atoms with Crippen LogP contribution in [0.5, 0.6) is 0 Å². The lowest BCUT2D eigenvalue weighted by molar-refractivity contribution is -0.150. The van der Waals surface area contributed by atoms with E-state index in [0.29, 0.717) is 18.0 Å². The van der Waals surface area contributed by atoms with Gasteiger partial charge in [-0.15, -0.1) is 0 Å². The summed E-state index contributed by atoms with van der Waals surface area (Å²) in [5.41, 5.74) is 1.28. The number of carbonyl (C=O) groups excluding carboxylic acids is 1. The second-order valence-electron chi connectivity index (χ2n) is 5.91. The van der Waals surface area contributed by atoms with Crippen molar-refractivity contribution < 1.29 is 9.53 Å². The van der Waals surface area contributed by atoms with Crippen LogP contribution < -0.4 is 0 Å². The molecule has 2 saturated heterocycles. The lowest BCUT2D eigenvalue weighted by atomic mass is 9.76. The fourth-order valence-corrected chi connectivity index (χ4v) is 4.34. The molecule has 0 aliphatic carbocycles. The summed E-state index contributed by atoms with van der Waals surface area (Å²) in [5, 5.41) is 0. The number of benzene rings is 1. The molecule has 0 N–H and O–H groups in total. The van der Waals surface area contributed by atoms with Gasteiger partial charge in [-0.2, -0.15) is 0 Å². The molecule has 3 unspecified atom stereocenters. The molecule has 0 radical (unpaired) electrons. The normalized spacial score (nSPS) is 33.1. The van der Waals surface area contributed by atoms with E-state index in [1.165, 1.54) is 22.7 Å². The maximum Gasteiger partial charge on any atom is 0.310 e. The Kier molecular flexibility index (Phi) is 4.04. The van der Waals surface area contributed by atoms with Crippen molar-refractivity contribution in [1.82, 2.24) is 4.90 Å². The number of ether oxygens (including phenoxy) is 1. The van der Waals surface area contributed by atoms with Crippen molar-refractivity contribution in [2.45, 2.75) is 37.3 Å². The Hall–Kier alpha value is -0.620. The zero-order valence-electron chi connectivity index (χ0n) is 11.9. The third-order valence-electron chi connectivity index (χ3n) is 5.04. The van der Waals surface area contributed by atoms with Gasteiger partial charge in [0.15, 0.2) is 0 Å². The van der Waals surface area contributed by atoms with E-state index < -0.39 is 0 Å². The van der Waals surface area contributed by atoms with Crippen LogP contribution in [-0.4, -0.2) is 37.1 Å². The molecule has 2 fully saturated rings. The molecule has 0 aromatic heterocycles. The number of fused-ring (bicyclic) bond motifs is 2. The fraction of sp³-hybridized carbons (Fsp3) is 0.562. The average molecular weight is 385 g/mol. The van der Waals surface area contributed by atoms with Crippen molar-refractivity contribution in [2.24, 2.45) is 5.92 Å². The molecule has 0 amide bonds. The van der Waals surface area contributed by atoms with Crippen LogP contribution in [0.4, 0.5) is 0 Å². The van der Waals surface area contributed by atoms with E-state index in [2.05, 4.69) is 58.8 Å². The molecule has 4 heteroatoms. The summed E-state index contributed by atoms with van der Waals surface area (Å²) >= 11 is 2.32. The van der Waals surface area contributed by atoms with Crippen molar-refractivity contribution in [3.05, 3.63) is 33.4 Å². The van der Waals surface area contributed by atoms with E-state index in [4.69, 9.17) is 4.74 Å². The predicted octanol–water partition coefficient (Wildman–Crippen LogP) is 3.03. The van der Waals surface area contributed by atoms with Crippen LogP contribution >= 0.6 is 22.6 Å². The van der Waals surface area contributed by atoms with Crippen LogP contribution in [0.1, 0.15) is 30.7 Å². The molecule has 108 valence electrons. The Bertz CT molecular complexity index is 502. The zero-order valence-corrected chi connectivity index (χ0v) is 14.0. The highest BCUT2D eigenvalue weighted by atomic mass is 127. The molecule has 3 rings (SSSR count). The van der Waals surface area contributed by atoms with Crippen LogP contribution in [0, 0.1) is 9.49 Å². The Morgan fingerprint density at radius 3 is 2.65 bits per heavy atom. The standard InChI is InChI=1S/C16H20INO2/c1-18-12-7-8-14(18)15(16(19)20-2)13(9-12)10-3-5-11(17)6-4-10/h3-6,12-15H,7-9H2,1-2H3/t12?,13?,14?,15-/m0/s1. The molecule has 4 atom stereocenters. The molecular formula is C16H20INO2. The minimum atomic E-state index is -0.0502. The lowest BCUT2D eigenvalue weighted by Crippen LogP contribution is -2.49. The Balaban J connectivity index is 1.95. The number of piperidine rings is 1. The van der Waals surface area contributed by atoms with Gasteiger partial charge in [-0.25, -0.2) is 0 Å². The summed E-state index contributed by atoms with van der Waals surface area (Å²) in [6.07, 6.45) is 3.38. The van der Waals surface area contributed by atoms with Gasteiger partial charge in [0.25, 0.3) is 0 Å². The first kappa shape index (κ1) is 14.3. The van der Waals surface area contributed by atoms with Gasteiger partial charge < -0.3 is 4.74 Å². The highest BCUT2D eigenvalue weighted by Gasteiger charge is 2.49. The minimum Gasteiger partial charge on any atom is -0.469 e. The van der Waals surface area contributed by atoms with Crippen molar-refractivity contribution in [2.75, 3.05) is 14.2 Å². The van der Waals surface area contributed by atoms with Crippen LogP contribution in [0.2, 0.25) is 0 Å². The SMILES string of the molecule is COC(=O)[C@H]1C(c2ccc(I)cc2)CC2CCC1N2C. The first-order valence-electron chi connectivity index (χ1n) is 7.17. The van der Waals surface area contributed by atoms with Crippen molar-refractivity contribution in [3.8, 4) is 0 Å². The summed E-state index contributed by atoms with van der Waals surface area (Å²) in [6.45, 7) is 0. The van der Waals surface area contributed by atoms with E-state index in [-0.39, 0.29) is 11.9 Å². The first-order chi connectivity index (χ1) is 9.61. The molecule has 0 saturated carbocycles. The number of hydrogen-bond acceptors (Lipinski definition) is 3. The van der Waals surface area contributed by atoms with Crippen molar-refractivity contribution >= 4 is 28.6 Å². The lowest BCUT2D eigenvalue weighted by Gasteiger charge is -2.41. The molecule has 1 aromatic rings. The van der Waals surface area contributed by atoms with E-state index >= 15 is 0 Å². The highest BCUT2D eigenvalue weighted by molar-refractivity contribution is 14.1. The molecule has 20 heavy (non-hydrogen) atoms. The summed E-state index contributed by atoms with van der Waals surface area (Å²) < 4.78 is 6.33. The molecule has 1 aromatic carbocycles. The van der Waals surface area contributed by atoms with Gasteiger partial charge in [0.05, 0.1) is 13.0 Å². The smallest absolute Gasteiger partial charge is 0.310 e. The van der Waals surface area contributed by atoms with Gasteiger partial charge in [0.2, 0.25) is 0 Å². The minimum absolute atomic E-state index is 0.0242. The zero-order chi connectivity index (χ0) is 14.3. The Labute approximate surface area is 133 Å². The third-order valence-corrected chi connectivity index (χ3v) is 5.76. The summed E-state index contributed by atoms with van der Waals surface area (Å²) in [6, 6.07) is 9.56. The van der Waals surface area contributed by atoms with Gasteiger partial charge in [-0.1, -0.05) is 12.1 Å². The van der Waals surface area contributed by atoms with Crippen molar-refractivity contribution in [3.63, 3.8) is 0 Å². The maximum absolute atomic E-state index is 12.3. The van der Waals surface area contributed by atoms with Gasteiger partial charge >= 0.3 is 5.97 Å². The largest absolute Gasteiger partial charge is 0.469 e. The monoisotopic (exact) mass is 385 g/mol. The average Bonchev–Trinajstić information content (AvgIpc) is 2.70. The number of carbonyl (C=O) groups is 1. The topological polar surface area (TPSA) is 29.5 Å². The molecule has 2 bridgehead atoms. The molecule has 2 aliphatic heterocycles. The van der Waals surface area contributed by atoms with Crippen LogP contribution in [0.25, 0.3) is 0 Å². The Morgan fingerprint density at radius 1 is 1.30 bits per heavy atom. The molecule has 3 nitrogen and oxygen atoms in total. The number of methoxy groups -OCH3 is 1. The highest BCUT2D eigenvalue weighted by Crippen LogP contribution is 2.46. The number of nitrogens with zero attached hydrogens (tertiary/aromatic N) is 1. The maximum atomic E-state index is 12.3. The van der Waals surface area contributed by atoms with Gasteiger partial charge in [-0.3, -0.25) is 9.69 Å². The first-order valence-corrected chi connectivity index (χ1v) is 8.25.